The van der Waals surface area contributed by atoms with Crippen LogP contribution < -0.4 is 0 Å². The molecule has 0 unspecified atom stereocenters. The van der Waals surface area contributed by atoms with Gasteiger partial charge < -0.3 is 4.57 Å². The van der Waals surface area contributed by atoms with Gasteiger partial charge in [0.15, 0.2) is 0 Å². The van der Waals surface area contributed by atoms with Crippen LogP contribution in [0.2, 0.25) is 0 Å². The lowest BCUT2D eigenvalue weighted by Gasteiger charge is -2.24. The van der Waals surface area contributed by atoms with Crippen LogP contribution in [0, 0.1) is 10.1 Å². The number of aromatic nitrogens is 1. The SMILES string of the molecule is CC(C)n1c(C(C)(C)C)cc2cc([N+](=O)[O-])ccc21. The fourth-order valence-corrected chi connectivity index (χ4v) is 2.47. The van der Waals surface area contributed by atoms with E-state index in [4.69, 9.17) is 0 Å². The fourth-order valence-electron chi connectivity index (χ4n) is 2.47. The van der Waals surface area contributed by atoms with E-state index in [0.29, 0.717) is 6.04 Å². The summed E-state index contributed by atoms with van der Waals surface area (Å²) in [6.07, 6.45) is 0. The van der Waals surface area contributed by atoms with Crippen LogP contribution in [0.3, 0.4) is 0 Å². The highest BCUT2D eigenvalue weighted by Gasteiger charge is 2.23. The average molecular weight is 260 g/mol. The molecule has 19 heavy (non-hydrogen) atoms. The molecule has 0 aliphatic carbocycles. The van der Waals surface area contributed by atoms with Gasteiger partial charge in [-0.2, -0.15) is 0 Å². The number of nitro groups is 1. The summed E-state index contributed by atoms with van der Waals surface area (Å²) in [6.45, 7) is 10.8. The minimum absolute atomic E-state index is 0.0120. The Hall–Kier alpha value is -1.84. The summed E-state index contributed by atoms with van der Waals surface area (Å²) in [5.41, 5.74) is 2.43. The maximum atomic E-state index is 10.9. The first-order chi connectivity index (χ1) is 8.71. The van der Waals surface area contributed by atoms with Gasteiger partial charge in [0.2, 0.25) is 0 Å². The largest absolute Gasteiger partial charge is 0.342 e. The Morgan fingerprint density at radius 2 is 1.84 bits per heavy atom. The highest BCUT2D eigenvalue weighted by Crippen LogP contribution is 2.33. The molecule has 0 fully saturated rings. The molecule has 4 nitrogen and oxygen atoms in total. The minimum Gasteiger partial charge on any atom is -0.342 e. The van der Waals surface area contributed by atoms with Gasteiger partial charge in [-0.25, -0.2) is 0 Å². The zero-order valence-electron chi connectivity index (χ0n) is 12.1. The van der Waals surface area contributed by atoms with Crippen molar-refractivity contribution in [2.24, 2.45) is 0 Å². The first kappa shape index (κ1) is 13.6. The molecule has 2 rings (SSSR count). The standard InChI is InChI=1S/C15H20N2O2/c1-10(2)16-13-7-6-12(17(18)19)8-11(13)9-14(16)15(3,4)5/h6-10H,1-5H3. The molecule has 0 aliphatic rings. The topological polar surface area (TPSA) is 48.1 Å². The molecular weight excluding hydrogens is 240 g/mol. The summed E-state index contributed by atoms with van der Waals surface area (Å²) in [6, 6.07) is 7.48. The van der Waals surface area contributed by atoms with Gasteiger partial charge in [-0.15, -0.1) is 0 Å². The van der Waals surface area contributed by atoms with E-state index in [-0.39, 0.29) is 16.0 Å². The smallest absolute Gasteiger partial charge is 0.270 e. The number of non-ortho nitro benzene ring substituents is 1. The maximum Gasteiger partial charge on any atom is 0.270 e. The van der Waals surface area contributed by atoms with Crippen LogP contribution >= 0.6 is 0 Å². The van der Waals surface area contributed by atoms with Gasteiger partial charge in [0.05, 0.1) is 4.92 Å². The number of fused-ring (bicyclic) bond motifs is 1. The van der Waals surface area contributed by atoms with Crippen molar-refractivity contribution in [1.29, 1.82) is 0 Å². The Bertz CT molecular complexity index is 633. The van der Waals surface area contributed by atoms with Crippen molar-refractivity contribution in [3.05, 3.63) is 40.1 Å². The Balaban J connectivity index is 2.77. The second kappa shape index (κ2) is 4.37. The number of hydrogen-bond acceptors (Lipinski definition) is 2. The van der Waals surface area contributed by atoms with Gasteiger partial charge in [0.1, 0.15) is 0 Å². The Morgan fingerprint density at radius 1 is 1.21 bits per heavy atom. The second-order valence-corrected chi connectivity index (χ2v) is 6.24. The third-order valence-electron chi connectivity index (χ3n) is 3.32. The molecule has 2 aromatic rings. The molecule has 1 heterocycles. The molecule has 0 spiro atoms. The third-order valence-corrected chi connectivity index (χ3v) is 3.32. The van der Waals surface area contributed by atoms with Crippen molar-refractivity contribution < 1.29 is 4.92 Å². The van der Waals surface area contributed by atoms with Gasteiger partial charge in [0.25, 0.3) is 5.69 Å². The molecule has 1 aromatic carbocycles. The van der Waals surface area contributed by atoms with Crippen molar-refractivity contribution in [2.75, 3.05) is 0 Å². The fraction of sp³-hybridized carbons (Fsp3) is 0.467. The minimum atomic E-state index is -0.344. The normalized spacial score (nSPS) is 12.3. The maximum absolute atomic E-state index is 10.9. The van der Waals surface area contributed by atoms with Gasteiger partial charge in [-0.1, -0.05) is 20.8 Å². The molecule has 0 saturated heterocycles. The van der Waals surface area contributed by atoms with E-state index in [2.05, 4.69) is 45.3 Å². The molecule has 1 aromatic heterocycles. The molecule has 0 bridgehead atoms. The third kappa shape index (κ3) is 2.35. The van der Waals surface area contributed by atoms with Crippen LogP contribution in [0.25, 0.3) is 10.9 Å². The zero-order valence-corrected chi connectivity index (χ0v) is 12.1. The lowest BCUT2D eigenvalue weighted by atomic mass is 9.91. The number of nitrogens with zero attached hydrogens (tertiary/aromatic N) is 2. The lowest BCUT2D eigenvalue weighted by Crippen LogP contribution is -2.18. The highest BCUT2D eigenvalue weighted by atomic mass is 16.6. The molecule has 0 saturated carbocycles. The monoisotopic (exact) mass is 260 g/mol. The summed E-state index contributed by atoms with van der Waals surface area (Å²) >= 11 is 0. The van der Waals surface area contributed by atoms with Crippen molar-refractivity contribution in [3.8, 4) is 0 Å². The first-order valence-electron chi connectivity index (χ1n) is 6.51. The molecule has 0 atom stereocenters. The first-order valence-corrected chi connectivity index (χ1v) is 6.51. The predicted octanol–water partition coefficient (Wildman–Crippen LogP) is 4.43. The average Bonchev–Trinajstić information content (AvgIpc) is 2.66. The summed E-state index contributed by atoms with van der Waals surface area (Å²) in [7, 11) is 0. The van der Waals surface area contributed by atoms with Crippen molar-refractivity contribution in [2.45, 2.75) is 46.1 Å². The Labute approximate surface area is 113 Å². The Kier molecular flexibility index (Phi) is 3.12. The van der Waals surface area contributed by atoms with Crippen LogP contribution in [0.4, 0.5) is 5.69 Å². The van der Waals surface area contributed by atoms with E-state index in [1.807, 2.05) is 6.07 Å². The summed E-state index contributed by atoms with van der Waals surface area (Å²) in [5, 5.41) is 11.8. The number of hydrogen-bond donors (Lipinski definition) is 0. The Morgan fingerprint density at radius 3 is 2.32 bits per heavy atom. The highest BCUT2D eigenvalue weighted by molar-refractivity contribution is 5.84. The molecule has 0 N–H and O–H groups in total. The van der Waals surface area contributed by atoms with Crippen molar-refractivity contribution >= 4 is 16.6 Å². The van der Waals surface area contributed by atoms with E-state index >= 15 is 0 Å². The zero-order chi connectivity index (χ0) is 14.4. The van der Waals surface area contributed by atoms with Crippen LogP contribution in [0.5, 0.6) is 0 Å². The summed E-state index contributed by atoms with van der Waals surface area (Å²) in [5.74, 6) is 0. The van der Waals surface area contributed by atoms with E-state index in [9.17, 15) is 10.1 Å². The van der Waals surface area contributed by atoms with Crippen molar-refractivity contribution in [1.82, 2.24) is 4.57 Å². The molecule has 0 amide bonds. The van der Waals surface area contributed by atoms with Gasteiger partial charge in [-0.05, 0) is 26.0 Å². The van der Waals surface area contributed by atoms with Crippen LogP contribution in [0.1, 0.15) is 46.4 Å². The van der Waals surface area contributed by atoms with E-state index < -0.39 is 0 Å². The number of rotatable bonds is 2. The van der Waals surface area contributed by atoms with Crippen LogP contribution in [0.15, 0.2) is 24.3 Å². The number of benzene rings is 1. The van der Waals surface area contributed by atoms with E-state index in [0.717, 1.165) is 10.9 Å². The van der Waals surface area contributed by atoms with Crippen molar-refractivity contribution in [3.63, 3.8) is 0 Å². The summed E-state index contributed by atoms with van der Waals surface area (Å²) in [4.78, 5) is 10.5. The molecule has 4 heteroatoms. The van der Waals surface area contributed by atoms with E-state index in [1.165, 1.54) is 5.69 Å². The van der Waals surface area contributed by atoms with E-state index in [1.54, 1.807) is 12.1 Å². The van der Waals surface area contributed by atoms with Crippen LogP contribution in [-0.4, -0.2) is 9.49 Å². The second-order valence-electron chi connectivity index (χ2n) is 6.24. The van der Waals surface area contributed by atoms with Gasteiger partial charge >= 0.3 is 0 Å². The summed E-state index contributed by atoms with van der Waals surface area (Å²) < 4.78 is 2.26. The lowest BCUT2D eigenvalue weighted by molar-refractivity contribution is -0.384. The molecule has 102 valence electrons. The van der Waals surface area contributed by atoms with Gasteiger partial charge in [0, 0.05) is 40.2 Å². The molecule has 0 aliphatic heterocycles. The molecular formula is C15H20N2O2. The van der Waals surface area contributed by atoms with Crippen LogP contribution in [-0.2, 0) is 5.41 Å². The number of nitro benzene ring substituents is 1. The quantitative estimate of drug-likeness (QED) is 0.592. The van der Waals surface area contributed by atoms with Gasteiger partial charge in [-0.3, -0.25) is 10.1 Å². The predicted molar refractivity (Wildman–Crippen MR) is 77.7 cm³/mol. The molecule has 0 radical (unpaired) electrons.